The van der Waals surface area contributed by atoms with E-state index in [2.05, 4.69) is 22.8 Å². The zero-order valence-electron chi connectivity index (χ0n) is 15.8. The third kappa shape index (κ3) is 5.24. The molecule has 0 aliphatic heterocycles. The van der Waals surface area contributed by atoms with Crippen molar-refractivity contribution >= 4 is 34.9 Å². The van der Waals surface area contributed by atoms with E-state index in [4.69, 9.17) is 0 Å². The maximum absolute atomic E-state index is 12.5. The Morgan fingerprint density at radius 2 is 1.71 bits per heavy atom. The van der Waals surface area contributed by atoms with Gasteiger partial charge in [0.1, 0.15) is 0 Å². The molecule has 0 fully saturated rings. The fourth-order valence-corrected chi connectivity index (χ4v) is 3.76. The molecule has 3 aromatic rings. The molecule has 2 amide bonds. The van der Waals surface area contributed by atoms with E-state index >= 15 is 0 Å². The van der Waals surface area contributed by atoms with Crippen LogP contribution in [0.1, 0.15) is 44.1 Å². The Hall–Kier alpha value is -2.57. The van der Waals surface area contributed by atoms with Crippen LogP contribution in [0.25, 0.3) is 0 Å². The van der Waals surface area contributed by atoms with Crippen molar-refractivity contribution in [3.8, 4) is 0 Å². The van der Waals surface area contributed by atoms with Crippen molar-refractivity contribution < 1.29 is 9.59 Å². The molecule has 0 radical (unpaired) electrons. The van der Waals surface area contributed by atoms with Crippen LogP contribution in [0.3, 0.4) is 0 Å². The number of nitrogens with one attached hydrogen (secondary N) is 2. The highest BCUT2D eigenvalue weighted by Gasteiger charge is 2.12. The second-order valence-electron chi connectivity index (χ2n) is 6.33. The van der Waals surface area contributed by atoms with Gasteiger partial charge in [0.15, 0.2) is 0 Å². The molecule has 0 aliphatic carbocycles. The number of carbonyl (C=O) groups is 2. The van der Waals surface area contributed by atoms with Crippen LogP contribution in [0.2, 0.25) is 0 Å². The lowest BCUT2D eigenvalue weighted by atomic mass is 10.1. The monoisotopic (exact) mass is 410 g/mol. The average molecular weight is 411 g/mol. The molecule has 28 heavy (non-hydrogen) atoms. The van der Waals surface area contributed by atoms with Gasteiger partial charge in [-0.2, -0.15) is 0 Å². The molecule has 6 heteroatoms. The summed E-state index contributed by atoms with van der Waals surface area (Å²) in [6.45, 7) is 2.40. The minimum absolute atomic E-state index is 0.0758. The highest BCUT2D eigenvalue weighted by Crippen LogP contribution is 2.19. The third-order valence-corrected chi connectivity index (χ3v) is 5.99. The fraction of sp³-hybridized carbons (Fsp3) is 0.182. The standard InChI is InChI=1S/C22H22N2O2S2/c1-15(17-9-11-19(27-2)12-10-17)24-21(25)18-7-5-16(6-8-18)14-23-22(26)20-4-3-13-28-20/h3-13,15H,14H2,1-2H3,(H,23,26)(H,24,25)/t15-/m1/s1. The van der Waals surface area contributed by atoms with Gasteiger partial charge in [-0.15, -0.1) is 23.1 Å². The van der Waals surface area contributed by atoms with E-state index in [-0.39, 0.29) is 17.9 Å². The minimum atomic E-state index is -0.115. The molecule has 144 valence electrons. The van der Waals surface area contributed by atoms with Crippen molar-refractivity contribution in [2.75, 3.05) is 6.26 Å². The quantitative estimate of drug-likeness (QED) is 0.545. The van der Waals surface area contributed by atoms with Gasteiger partial charge in [-0.1, -0.05) is 30.3 Å². The lowest BCUT2D eigenvalue weighted by molar-refractivity contribution is 0.0935. The van der Waals surface area contributed by atoms with E-state index < -0.39 is 0 Å². The first kappa shape index (κ1) is 20.2. The molecular formula is C22H22N2O2S2. The molecule has 0 saturated heterocycles. The van der Waals surface area contributed by atoms with Gasteiger partial charge in [-0.25, -0.2) is 0 Å². The van der Waals surface area contributed by atoms with E-state index in [0.29, 0.717) is 17.0 Å². The van der Waals surface area contributed by atoms with Gasteiger partial charge in [0.05, 0.1) is 10.9 Å². The Kier molecular flexibility index (Phi) is 6.90. The lowest BCUT2D eigenvalue weighted by Gasteiger charge is -2.15. The highest BCUT2D eigenvalue weighted by molar-refractivity contribution is 7.98. The number of rotatable bonds is 7. The Morgan fingerprint density at radius 1 is 1.00 bits per heavy atom. The largest absolute Gasteiger partial charge is 0.347 e. The second kappa shape index (κ2) is 9.57. The van der Waals surface area contributed by atoms with Crippen LogP contribution < -0.4 is 10.6 Å². The summed E-state index contributed by atoms with van der Waals surface area (Å²) in [4.78, 5) is 26.4. The summed E-state index contributed by atoms with van der Waals surface area (Å²) < 4.78 is 0. The van der Waals surface area contributed by atoms with Crippen molar-refractivity contribution in [3.63, 3.8) is 0 Å². The first-order valence-corrected chi connectivity index (χ1v) is 11.0. The number of amides is 2. The molecule has 3 rings (SSSR count). The lowest BCUT2D eigenvalue weighted by Crippen LogP contribution is -2.26. The van der Waals surface area contributed by atoms with Gasteiger partial charge < -0.3 is 10.6 Å². The highest BCUT2D eigenvalue weighted by atomic mass is 32.2. The summed E-state index contributed by atoms with van der Waals surface area (Å²) in [5.74, 6) is -0.200. The van der Waals surface area contributed by atoms with Crippen molar-refractivity contribution in [1.82, 2.24) is 10.6 Å². The fourth-order valence-electron chi connectivity index (χ4n) is 2.71. The molecule has 2 N–H and O–H groups in total. The minimum Gasteiger partial charge on any atom is -0.347 e. The molecule has 2 aromatic carbocycles. The maximum Gasteiger partial charge on any atom is 0.261 e. The summed E-state index contributed by atoms with van der Waals surface area (Å²) in [6, 6.07) is 19.1. The van der Waals surface area contributed by atoms with Gasteiger partial charge in [0, 0.05) is 17.0 Å². The van der Waals surface area contributed by atoms with Crippen molar-refractivity contribution in [2.45, 2.75) is 24.4 Å². The first-order chi connectivity index (χ1) is 13.6. The first-order valence-electron chi connectivity index (χ1n) is 8.92. The molecule has 1 heterocycles. The van der Waals surface area contributed by atoms with Crippen LogP contribution in [0.5, 0.6) is 0 Å². The zero-order valence-corrected chi connectivity index (χ0v) is 17.4. The maximum atomic E-state index is 12.5. The zero-order chi connectivity index (χ0) is 19.9. The van der Waals surface area contributed by atoms with Gasteiger partial charge in [0.25, 0.3) is 11.8 Å². The van der Waals surface area contributed by atoms with Crippen LogP contribution in [-0.4, -0.2) is 18.1 Å². The second-order valence-corrected chi connectivity index (χ2v) is 8.15. The van der Waals surface area contributed by atoms with Gasteiger partial charge >= 0.3 is 0 Å². The molecule has 1 aromatic heterocycles. The Morgan fingerprint density at radius 3 is 2.32 bits per heavy atom. The Labute approximate surface area is 173 Å². The number of carbonyl (C=O) groups excluding carboxylic acids is 2. The van der Waals surface area contributed by atoms with E-state index in [1.165, 1.54) is 16.2 Å². The normalized spacial score (nSPS) is 11.6. The molecule has 0 bridgehead atoms. The molecule has 1 atom stereocenters. The predicted octanol–water partition coefficient (Wildman–Crippen LogP) is 4.89. The molecule has 0 unspecified atom stereocenters. The van der Waals surface area contributed by atoms with E-state index in [1.807, 2.05) is 48.9 Å². The van der Waals surface area contributed by atoms with Crippen LogP contribution in [0.4, 0.5) is 0 Å². The van der Waals surface area contributed by atoms with E-state index in [9.17, 15) is 9.59 Å². The molecular weight excluding hydrogens is 388 g/mol. The SMILES string of the molecule is CSc1ccc([C@@H](C)NC(=O)c2ccc(CNC(=O)c3cccs3)cc2)cc1. The number of hydrogen-bond acceptors (Lipinski definition) is 4. The van der Waals surface area contributed by atoms with Crippen molar-refractivity contribution in [3.05, 3.63) is 87.6 Å². The Balaban J connectivity index is 1.54. The number of thioether (sulfide) groups is 1. The van der Waals surface area contributed by atoms with Gasteiger partial charge in [-0.3, -0.25) is 9.59 Å². The topological polar surface area (TPSA) is 58.2 Å². The van der Waals surface area contributed by atoms with Crippen LogP contribution in [-0.2, 0) is 6.54 Å². The summed E-state index contributed by atoms with van der Waals surface area (Å²) in [5, 5.41) is 7.78. The number of hydrogen-bond donors (Lipinski definition) is 2. The molecule has 4 nitrogen and oxygen atoms in total. The van der Waals surface area contributed by atoms with Gasteiger partial charge in [-0.05, 0) is 60.0 Å². The van der Waals surface area contributed by atoms with Crippen molar-refractivity contribution in [1.29, 1.82) is 0 Å². The summed E-state index contributed by atoms with van der Waals surface area (Å²) in [6.07, 6.45) is 2.04. The van der Waals surface area contributed by atoms with E-state index in [0.717, 1.165) is 11.1 Å². The number of thiophene rings is 1. The summed E-state index contributed by atoms with van der Waals surface area (Å²) >= 11 is 3.11. The smallest absolute Gasteiger partial charge is 0.261 e. The summed E-state index contributed by atoms with van der Waals surface area (Å²) in [7, 11) is 0. The molecule has 0 aliphatic rings. The average Bonchev–Trinajstić information content (AvgIpc) is 3.27. The summed E-state index contributed by atoms with van der Waals surface area (Å²) in [5.41, 5.74) is 2.61. The van der Waals surface area contributed by atoms with Crippen LogP contribution in [0.15, 0.2) is 70.9 Å². The third-order valence-electron chi connectivity index (χ3n) is 4.38. The van der Waals surface area contributed by atoms with Crippen LogP contribution >= 0.6 is 23.1 Å². The Bertz CT molecular complexity index is 920. The molecule has 0 spiro atoms. The van der Waals surface area contributed by atoms with Gasteiger partial charge in [0.2, 0.25) is 0 Å². The molecule has 0 saturated carbocycles. The van der Waals surface area contributed by atoms with Crippen molar-refractivity contribution in [2.24, 2.45) is 0 Å². The van der Waals surface area contributed by atoms with E-state index in [1.54, 1.807) is 30.0 Å². The van der Waals surface area contributed by atoms with Crippen LogP contribution in [0, 0.1) is 0 Å². The predicted molar refractivity (Wildman–Crippen MR) is 116 cm³/mol. The number of benzene rings is 2.